The van der Waals surface area contributed by atoms with Gasteiger partial charge in [-0.25, -0.2) is 0 Å². The number of rotatable bonds is 4. The summed E-state index contributed by atoms with van der Waals surface area (Å²) < 4.78 is 5.02. The molecule has 1 fully saturated rings. The number of carbonyl (C=O) groups is 1. The lowest BCUT2D eigenvalue weighted by Crippen LogP contribution is -2.35. The van der Waals surface area contributed by atoms with E-state index in [1.54, 1.807) is 0 Å². The van der Waals surface area contributed by atoms with Crippen LogP contribution in [0.2, 0.25) is 0 Å². The largest absolute Gasteiger partial charge is 0.466 e. The molecular weight excluding hydrogens is 178 g/mol. The fraction of sp³-hybridized carbons (Fsp3) is 0.909. The smallest absolute Gasteiger partial charge is 0.308 e. The Morgan fingerprint density at radius 3 is 2.43 bits per heavy atom. The molecule has 3 nitrogen and oxygen atoms in total. The van der Waals surface area contributed by atoms with E-state index in [4.69, 9.17) is 4.74 Å². The van der Waals surface area contributed by atoms with Crippen LogP contribution in [0.4, 0.5) is 0 Å². The Hall–Kier alpha value is -0.570. The van der Waals surface area contributed by atoms with Crippen molar-refractivity contribution >= 4 is 5.97 Å². The van der Waals surface area contributed by atoms with Crippen LogP contribution in [0.15, 0.2) is 0 Å². The molecule has 0 aromatic rings. The van der Waals surface area contributed by atoms with Gasteiger partial charge in [0.15, 0.2) is 0 Å². The van der Waals surface area contributed by atoms with Gasteiger partial charge in [-0.3, -0.25) is 4.79 Å². The van der Waals surface area contributed by atoms with Crippen molar-refractivity contribution in [2.75, 3.05) is 13.2 Å². The predicted molar refractivity (Wildman–Crippen MR) is 56.1 cm³/mol. The molecule has 0 amide bonds. The van der Waals surface area contributed by atoms with E-state index in [1.807, 2.05) is 6.92 Å². The van der Waals surface area contributed by atoms with E-state index >= 15 is 0 Å². The molecule has 82 valence electrons. The molecule has 0 aliphatic heterocycles. The van der Waals surface area contributed by atoms with Gasteiger partial charge in [-0.05, 0) is 39.2 Å². The van der Waals surface area contributed by atoms with Gasteiger partial charge in [0.05, 0.1) is 12.5 Å². The molecule has 1 aliphatic carbocycles. The Kier molecular flexibility index (Phi) is 4.94. The lowest BCUT2D eigenvalue weighted by Gasteiger charge is -2.27. The van der Waals surface area contributed by atoms with Gasteiger partial charge in [0.25, 0.3) is 0 Å². The van der Waals surface area contributed by atoms with Crippen LogP contribution in [0.1, 0.15) is 39.5 Å². The highest BCUT2D eigenvalue weighted by molar-refractivity contribution is 5.72. The molecule has 1 N–H and O–H groups in total. The van der Waals surface area contributed by atoms with Gasteiger partial charge in [0.2, 0.25) is 0 Å². The monoisotopic (exact) mass is 199 g/mol. The molecule has 1 saturated carbocycles. The summed E-state index contributed by atoms with van der Waals surface area (Å²) in [4.78, 5) is 11.4. The summed E-state index contributed by atoms with van der Waals surface area (Å²) in [5.41, 5.74) is 0. The first-order valence-corrected chi connectivity index (χ1v) is 5.68. The third kappa shape index (κ3) is 3.29. The lowest BCUT2D eigenvalue weighted by molar-refractivity contribution is -0.149. The molecule has 0 unspecified atom stereocenters. The van der Waals surface area contributed by atoms with E-state index in [0.717, 1.165) is 32.2 Å². The van der Waals surface area contributed by atoms with Crippen LogP contribution in [0.25, 0.3) is 0 Å². The van der Waals surface area contributed by atoms with Gasteiger partial charge in [-0.2, -0.15) is 0 Å². The van der Waals surface area contributed by atoms with E-state index in [-0.39, 0.29) is 11.9 Å². The average molecular weight is 199 g/mol. The first-order chi connectivity index (χ1) is 6.77. The second-order valence-corrected chi connectivity index (χ2v) is 3.86. The maximum atomic E-state index is 11.4. The first kappa shape index (κ1) is 11.5. The van der Waals surface area contributed by atoms with Crippen LogP contribution in [0.5, 0.6) is 0 Å². The molecule has 1 rings (SSSR count). The highest BCUT2D eigenvalue weighted by Gasteiger charge is 2.26. The van der Waals surface area contributed by atoms with Crippen molar-refractivity contribution in [1.82, 2.24) is 5.32 Å². The minimum Gasteiger partial charge on any atom is -0.466 e. The Balaban J connectivity index is 2.24. The molecule has 0 spiro atoms. The maximum absolute atomic E-state index is 11.4. The quantitative estimate of drug-likeness (QED) is 0.701. The third-order valence-electron chi connectivity index (χ3n) is 2.84. The number of carbonyl (C=O) groups excluding carboxylic acids is 1. The molecule has 14 heavy (non-hydrogen) atoms. The average Bonchev–Trinajstić information content (AvgIpc) is 2.20. The highest BCUT2D eigenvalue weighted by atomic mass is 16.5. The summed E-state index contributed by atoms with van der Waals surface area (Å²) in [6, 6.07) is 0.616. The summed E-state index contributed by atoms with van der Waals surface area (Å²) >= 11 is 0. The van der Waals surface area contributed by atoms with Gasteiger partial charge < -0.3 is 10.1 Å². The van der Waals surface area contributed by atoms with Crippen molar-refractivity contribution in [3.8, 4) is 0 Å². The summed E-state index contributed by atoms with van der Waals surface area (Å²) in [6.07, 6.45) is 4.18. The molecule has 1 aliphatic rings. The van der Waals surface area contributed by atoms with Crippen molar-refractivity contribution in [3.05, 3.63) is 0 Å². The van der Waals surface area contributed by atoms with Gasteiger partial charge in [0, 0.05) is 6.04 Å². The Labute approximate surface area is 86.2 Å². The SMILES string of the molecule is CCN[C@H]1CC[C@@H](C(=O)OCC)CC1. The maximum Gasteiger partial charge on any atom is 0.308 e. The summed E-state index contributed by atoms with van der Waals surface area (Å²) in [6.45, 7) is 5.51. The third-order valence-corrected chi connectivity index (χ3v) is 2.84. The number of esters is 1. The van der Waals surface area contributed by atoms with E-state index in [9.17, 15) is 4.79 Å². The van der Waals surface area contributed by atoms with E-state index < -0.39 is 0 Å². The van der Waals surface area contributed by atoms with Gasteiger partial charge in [-0.1, -0.05) is 6.92 Å². The number of ether oxygens (including phenoxy) is 1. The molecule has 0 bridgehead atoms. The van der Waals surface area contributed by atoms with Crippen LogP contribution in [0, 0.1) is 5.92 Å². The molecule has 0 aromatic carbocycles. The highest BCUT2D eigenvalue weighted by Crippen LogP contribution is 2.25. The zero-order chi connectivity index (χ0) is 10.4. The molecular formula is C11H21NO2. The molecule has 3 heteroatoms. The normalized spacial score (nSPS) is 27.3. The second kappa shape index (κ2) is 6.02. The van der Waals surface area contributed by atoms with Crippen molar-refractivity contribution < 1.29 is 9.53 Å². The van der Waals surface area contributed by atoms with Crippen LogP contribution in [-0.2, 0) is 9.53 Å². The Morgan fingerprint density at radius 2 is 1.93 bits per heavy atom. The summed E-state index contributed by atoms with van der Waals surface area (Å²) in [7, 11) is 0. The van der Waals surface area contributed by atoms with Gasteiger partial charge in [0.1, 0.15) is 0 Å². The fourth-order valence-electron chi connectivity index (χ4n) is 2.08. The van der Waals surface area contributed by atoms with Gasteiger partial charge >= 0.3 is 5.97 Å². The molecule has 0 radical (unpaired) electrons. The van der Waals surface area contributed by atoms with Gasteiger partial charge in [-0.15, -0.1) is 0 Å². The van der Waals surface area contributed by atoms with Crippen LogP contribution in [-0.4, -0.2) is 25.2 Å². The van der Waals surface area contributed by atoms with E-state index in [1.165, 1.54) is 0 Å². The number of hydrogen-bond donors (Lipinski definition) is 1. The zero-order valence-corrected chi connectivity index (χ0v) is 9.21. The molecule has 0 atom stereocenters. The Morgan fingerprint density at radius 1 is 1.29 bits per heavy atom. The van der Waals surface area contributed by atoms with Crippen molar-refractivity contribution in [3.63, 3.8) is 0 Å². The minimum absolute atomic E-state index is 0.00227. The fourth-order valence-corrected chi connectivity index (χ4v) is 2.08. The van der Waals surface area contributed by atoms with E-state index in [0.29, 0.717) is 12.6 Å². The molecule has 0 saturated heterocycles. The predicted octanol–water partition coefficient (Wildman–Crippen LogP) is 1.72. The zero-order valence-electron chi connectivity index (χ0n) is 9.21. The minimum atomic E-state index is 0.00227. The second-order valence-electron chi connectivity index (χ2n) is 3.86. The van der Waals surface area contributed by atoms with E-state index in [2.05, 4.69) is 12.2 Å². The first-order valence-electron chi connectivity index (χ1n) is 5.68. The standard InChI is InChI=1S/C11H21NO2/c1-3-12-10-7-5-9(6-8-10)11(13)14-4-2/h9-10,12H,3-8H2,1-2H3/t9-,10+. The summed E-state index contributed by atoms with van der Waals surface area (Å²) in [5, 5.41) is 3.42. The van der Waals surface area contributed by atoms with Crippen molar-refractivity contribution in [2.45, 2.75) is 45.6 Å². The van der Waals surface area contributed by atoms with Crippen LogP contribution < -0.4 is 5.32 Å². The van der Waals surface area contributed by atoms with Crippen LogP contribution >= 0.6 is 0 Å². The lowest BCUT2D eigenvalue weighted by atomic mass is 9.86. The number of nitrogens with one attached hydrogen (secondary N) is 1. The topological polar surface area (TPSA) is 38.3 Å². The van der Waals surface area contributed by atoms with Crippen molar-refractivity contribution in [2.24, 2.45) is 5.92 Å². The van der Waals surface area contributed by atoms with Crippen LogP contribution in [0.3, 0.4) is 0 Å². The number of hydrogen-bond acceptors (Lipinski definition) is 3. The molecule has 0 heterocycles. The van der Waals surface area contributed by atoms with Crippen molar-refractivity contribution in [1.29, 1.82) is 0 Å². The molecule has 0 aromatic heterocycles. The summed E-state index contributed by atoms with van der Waals surface area (Å²) in [5.74, 6) is 0.160. The Bertz CT molecular complexity index is 174.